The van der Waals surface area contributed by atoms with E-state index in [1.807, 2.05) is 13.3 Å². The maximum Gasteiger partial charge on any atom is 0.182 e. The first kappa shape index (κ1) is 26.7. The van der Waals surface area contributed by atoms with Crippen molar-refractivity contribution in [1.82, 2.24) is 0 Å². The Hall–Kier alpha value is 1.22. The number of thiocarbonyl (C=S) groups is 2. The number of carbonyl (C=O) groups excluding carboxylic acids is 1. The first-order chi connectivity index (χ1) is 7.20. The molecule has 0 aromatic heterocycles. The Kier molecular flexibility index (Phi) is 27.1. The molecule has 0 aliphatic carbocycles. The molecule has 0 fully saturated rings. The Labute approximate surface area is 137 Å². The normalized spacial score (nSPS) is 7.94. The zero-order chi connectivity index (χ0) is 15.2. The summed E-state index contributed by atoms with van der Waals surface area (Å²) in [6.07, 6.45) is 0. The summed E-state index contributed by atoms with van der Waals surface area (Å²) < 4.78 is 0.583. The summed E-state index contributed by atoms with van der Waals surface area (Å²) in [5.41, 5.74) is 4.84. The van der Waals surface area contributed by atoms with Crippen LogP contribution in [0.4, 0.5) is 0 Å². The predicted molar refractivity (Wildman–Crippen MR) is 101 cm³/mol. The molecule has 9 heteroatoms. The van der Waals surface area contributed by atoms with Crippen LogP contribution in [0.2, 0.25) is 0 Å². The third kappa shape index (κ3) is 2680. The minimum atomic E-state index is -1.22. The van der Waals surface area contributed by atoms with Gasteiger partial charge in [-0.1, -0.05) is 32.5 Å². The van der Waals surface area contributed by atoms with Crippen molar-refractivity contribution in [2.75, 3.05) is 13.3 Å². The fourth-order valence-corrected chi connectivity index (χ4v) is 0. The second-order valence-corrected chi connectivity index (χ2v) is 14.3. The van der Waals surface area contributed by atoms with Crippen molar-refractivity contribution < 1.29 is 4.79 Å². The number of nitrogens with two attached hydrogens (primary N) is 1. The molecule has 17 heavy (non-hydrogen) atoms. The molecule has 0 spiro atoms. The van der Waals surface area contributed by atoms with Crippen LogP contribution in [0, 0.1) is 0 Å². The molecule has 0 radical (unpaired) electrons. The van der Waals surface area contributed by atoms with E-state index in [2.05, 4.69) is 49.7 Å². The van der Waals surface area contributed by atoms with Crippen molar-refractivity contribution in [1.29, 1.82) is 0 Å². The molecule has 0 bridgehead atoms. The Morgan fingerprint density at radius 1 is 1.24 bits per heavy atom. The summed E-state index contributed by atoms with van der Waals surface area (Å²) in [6, 6.07) is 0. The molecule has 0 saturated heterocycles. The fourth-order valence-electron chi connectivity index (χ4n) is 0. The summed E-state index contributed by atoms with van der Waals surface area (Å²) in [4.78, 5) is 9.81. The van der Waals surface area contributed by atoms with Crippen LogP contribution in [0.5, 0.6) is 0 Å². The van der Waals surface area contributed by atoms with Gasteiger partial charge in [-0.15, -0.1) is 24.4 Å². The van der Waals surface area contributed by atoms with E-state index in [-0.39, 0.29) is 5.12 Å². The number of rotatable bonds is 0. The van der Waals surface area contributed by atoms with Gasteiger partial charge in [-0.05, 0) is 6.92 Å². The minimum absolute atomic E-state index is 0.139. The van der Waals surface area contributed by atoms with E-state index in [1.54, 1.807) is 13.8 Å². The Bertz CT molecular complexity index is 226. The molecule has 0 atom stereocenters. The van der Waals surface area contributed by atoms with E-state index in [0.717, 1.165) is 0 Å². The molecule has 0 aliphatic rings. The molecule has 0 unspecified atom stereocenters. The molecular weight excluding hydrogens is 349 g/mol. The highest BCUT2D eigenvalue weighted by molar-refractivity contribution is 8.54. The lowest BCUT2D eigenvalue weighted by atomic mass is 10.8. The second-order valence-electron chi connectivity index (χ2n) is 2.87. The zero-order valence-electron chi connectivity index (χ0n) is 10.4. The Balaban J connectivity index is -0.0000000667. The zero-order valence-corrected chi connectivity index (χ0v) is 16.3. The van der Waals surface area contributed by atoms with Crippen molar-refractivity contribution in [2.45, 2.75) is 20.8 Å². The van der Waals surface area contributed by atoms with Crippen molar-refractivity contribution in [2.24, 2.45) is 5.73 Å². The van der Waals surface area contributed by atoms with Gasteiger partial charge in [-0.2, -0.15) is 9.44 Å². The highest BCUT2D eigenvalue weighted by Gasteiger charge is 1.67. The van der Waals surface area contributed by atoms with Crippen LogP contribution in [0.3, 0.4) is 0 Å². The van der Waals surface area contributed by atoms with Crippen molar-refractivity contribution in [3.63, 3.8) is 0 Å². The monoisotopic (exact) mass is 367 g/mol. The van der Waals surface area contributed by atoms with Crippen LogP contribution in [-0.4, -0.2) is 27.6 Å². The van der Waals surface area contributed by atoms with Gasteiger partial charge < -0.3 is 42.8 Å². The summed E-state index contributed by atoms with van der Waals surface area (Å²) in [7, 11) is 0. The van der Waals surface area contributed by atoms with Crippen LogP contribution < -0.4 is 5.73 Å². The molecule has 0 rings (SSSR count). The molecule has 0 amide bonds. The van der Waals surface area contributed by atoms with Gasteiger partial charge in [-0.25, -0.2) is 0 Å². The lowest BCUT2D eigenvalue weighted by molar-refractivity contribution is -0.108. The largest absolute Gasteiger partial charge is 0.747 e. The van der Waals surface area contributed by atoms with Gasteiger partial charge in [-0.3, -0.25) is 4.79 Å². The summed E-state index contributed by atoms with van der Waals surface area (Å²) in [5, 5.41) is -1.36. The Morgan fingerprint density at radius 2 is 1.24 bits per heavy atom. The second kappa shape index (κ2) is 17.2. The van der Waals surface area contributed by atoms with Crippen LogP contribution in [0.15, 0.2) is 0 Å². The van der Waals surface area contributed by atoms with E-state index in [9.17, 15) is 4.79 Å². The first-order valence-electron chi connectivity index (χ1n) is 4.09. The van der Waals surface area contributed by atoms with Gasteiger partial charge in [0, 0.05) is 6.92 Å². The third-order valence-corrected chi connectivity index (χ3v) is 0. The van der Waals surface area contributed by atoms with Crippen LogP contribution in [0.25, 0.3) is 0 Å². The molecule has 104 valence electrons. The van der Waals surface area contributed by atoms with Gasteiger partial charge in [0.15, 0.2) is 5.12 Å². The average molecular weight is 368 g/mol. The van der Waals surface area contributed by atoms with E-state index in [0.29, 0.717) is 9.19 Å². The number of hydrogen-bond acceptors (Lipinski definition) is 6. The third-order valence-electron chi connectivity index (χ3n) is 0. The summed E-state index contributed by atoms with van der Waals surface area (Å²) in [5.74, 6) is 0. The van der Waals surface area contributed by atoms with Gasteiger partial charge in [0.1, 0.15) is 0 Å². The highest BCUT2D eigenvalue weighted by Crippen LogP contribution is 2.31. The smallest absolute Gasteiger partial charge is 0.182 e. The molecule has 2 N–H and O–H groups in total. The van der Waals surface area contributed by atoms with Crippen LogP contribution in [0.1, 0.15) is 20.8 Å². The molecule has 0 aromatic carbocycles. The highest BCUT2D eigenvalue weighted by atomic mass is 32.9. The summed E-state index contributed by atoms with van der Waals surface area (Å²) in [6.45, 7) is 8.64. The van der Waals surface area contributed by atoms with Crippen molar-refractivity contribution in [3.05, 3.63) is 0 Å². The summed E-state index contributed by atoms with van der Waals surface area (Å²) >= 11 is 25.9. The standard InChI is InChI=1S/C2H5NS.C2H4OS.C2H7PS2.C2H4S2/c2*1-2(3)4;1-3(2,4)5;1-2(3)4/h1H3,(H2,3,4);1H3,(H,3,4);1-2H3,(H,4,5);1H3,(H,3,4)/p-2. The first-order valence-corrected chi connectivity index (χ1v) is 10.5. The number of hydrogen-bond donors (Lipinski definition) is 2. The molecule has 2 nitrogen and oxygen atoms in total. The molecule has 0 heterocycles. The molecule has 0 aliphatic heterocycles. The predicted octanol–water partition coefficient (Wildman–Crippen LogP) is 2.82. The molecule has 0 aromatic rings. The van der Waals surface area contributed by atoms with E-state index >= 15 is 0 Å². The van der Waals surface area contributed by atoms with Crippen LogP contribution in [-0.2, 0) is 41.5 Å². The van der Waals surface area contributed by atoms with Gasteiger partial charge >= 0.3 is 0 Å². The maximum atomic E-state index is 9.31. The van der Waals surface area contributed by atoms with Crippen molar-refractivity contribution in [3.8, 4) is 0 Å². The number of carbonyl (C=O) groups is 1. The molecular formula is C8H18NOPS6-2. The van der Waals surface area contributed by atoms with Gasteiger partial charge in [0.05, 0.1) is 4.99 Å². The quantitative estimate of drug-likeness (QED) is 0.295. The minimum Gasteiger partial charge on any atom is -0.747 e. The maximum absolute atomic E-state index is 9.31. The number of thiol groups is 1. The SMILES string of the molecule is CC(=O)S.CC(=S)[S-].CC(N)=S.CP(C)(=S)[S-]. The van der Waals surface area contributed by atoms with E-state index < -0.39 is 5.24 Å². The topological polar surface area (TPSA) is 43.1 Å². The molecule has 0 saturated carbocycles. The van der Waals surface area contributed by atoms with Gasteiger partial charge in [0.2, 0.25) is 0 Å². The van der Waals surface area contributed by atoms with Gasteiger partial charge in [0.25, 0.3) is 0 Å². The Morgan fingerprint density at radius 3 is 1.24 bits per heavy atom. The van der Waals surface area contributed by atoms with E-state index in [1.165, 1.54) is 6.92 Å². The fraction of sp³-hybridized carbons (Fsp3) is 0.625. The lowest BCUT2D eigenvalue weighted by Crippen LogP contribution is -1.98. The lowest BCUT2D eigenvalue weighted by Gasteiger charge is -2.12. The van der Waals surface area contributed by atoms with Crippen molar-refractivity contribution >= 4 is 93.3 Å². The van der Waals surface area contributed by atoms with Crippen LogP contribution >= 0.6 is 42.3 Å². The average Bonchev–Trinajstić information content (AvgIpc) is 1.73. The van der Waals surface area contributed by atoms with E-state index in [4.69, 9.17) is 29.8 Å².